The maximum absolute atomic E-state index is 12.4. The summed E-state index contributed by atoms with van der Waals surface area (Å²) in [7, 11) is 3.19. The Morgan fingerprint density at radius 2 is 1.73 bits per heavy atom. The molecule has 1 aromatic heterocycles. The molecule has 140 valence electrons. The molecule has 0 atom stereocenters. The summed E-state index contributed by atoms with van der Waals surface area (Å²) in [5.41, 5.74) is 2.05. The van der Waals surface area contributed by atoms with Gasteiger partial charge in [-0.1, -0.05) is 0 Å². The number of anilines is 1. The first-order valence-corrected chi connectivity index (χ1v) is 9.59. The highest BCUT2D eigenvalue weighted by atomic mass is 32.1. The van der Waals surface area contributed by atoms with Crippen LogP contribution in [0, 0.1) is 0 Å². The first kappa shape index (κ1) is 18.7. The summed E-state index contributed by atoms with van der Waals surface area (Å²) in [6.45, 7) is 5.16. The van der Waals surface area contributed by atoms with Crippen molar-refractivity contribution < 1.29 is 14.3 Å². The van der Waals surface area contributed by atoms with Gasteiger partial charge < -0.3 is 14.8 Å². The number of nitrogens with zero attached hydrogens (tertiary/aromatic N) is 2. The molecule has 2 heterocycles. The van der Waals surface area contributed by atoms with Gasteiger partial charge in [0.25, 0.3) is 0 Å². The number of carbonyl (C=O) groups excluding carboxylic acids is 1. The number of hydrogen-bond donors (Lipinski definition) is 1. The monoisotopic (exact) mass is 375 g/mol. The molecule has 7 heteroatoms. The van der Waals surface area contributed by atoms with Gasteiger partial charge in [0.1, 0.15) is 11.5 Å². The van der Waals surface area contributed by atoms with Gasteiger partial charge in [-0.3, -0.25) is 14.6 Å². The molecule has 1 saturated heterocycles. The molecule has 0 saturated carbocycles. The zero-order chi connectivity index (χ0) is 18.4. The zero-order valence-electron chi connectivity index (χ0n) is 15.2. The van der Waals surface area contributed by atoms with E-state index in [9.17, 15) is 4.79 Å². The second kappa shape index (κ2) is 9.02. The highest BCUT2D eigenvalue weighted by Gasteiger charge is 2.19. The SMILES string of the molecule is COc1cc(NC(=O)CN2CCN(Cc3ccsc3)CC2)cc(OC)c1. The Hall–Kier alpha value is -2.09. The summed E-state index contributed by atoms with van der Waals surface area (Å²) in [6, 6.07) is 7.54. The van der Waals surface area contributed by atoms with Gasteiger partial charge in [-0.15, -0.1) is 0 Å². The molecule has 6 nitrogen and oxygen atoms in total. The van der Waals surface area contributed by atoms with Gasteiger partial charge in [0.2, 0.25) is 5.91 Å². The van der Waals surface area contributed by atoms with Crippen molar-refractivity contribution in [1.29, 1.82) is 0 Å². The molecular formula is C19H25N3O3S. The van der Waals surface area contributed by atoms with Crippen molar-refractivity contribution in [3.05, 3.63) is 40.6 Å². The Morgan fingerprint density at radius 3 is 2.31 bits per heavy atom. The van der Waals surface area contributed by atoms with Crippen molar-refractivity contribution in [2.24, 2.45) is 0 Å². The van der Waals surface area contributed by atoms with E-state index in [0.29, 0.717) is 23.7 Å². The summed E-state index contributed by atoms with van der Waals surface area (Å²) in [5.74, 6) is 1.29. The van der Waals surface area contributed by atoms with Crippen LogP contribution in [-0.2, 0) is 11.3 Å². The van der Waals surface area contributed by atoms with Crippen LogP contribution in [0.4, 0.5) is 5.69 Å². The quantitative estimate of drug-likeness (QED) is 0.806. The van der Waals surface area contributed by atoms with E-state index in [1.54, 1.807) is 43.8 Å². The third-order valence-electron chi connectivity index (χ3n) is 4.45. The van der Waals surface area contributed by atoms with E-state index in [2.05, 4.69) is 31.9 Å². The molecule has 0 spiro atoms. The number of nitrogens with one attached hydrogen (secondary N) is 1. The van der Waals surface area contributed by atoms with Gasteiger partial charge in [0, 0.05) is 56.6 Å². The van der Waals surface area contributed by atoms with Crippen LogP contribution in [0.15, 0.2) is 35.0 Å². The van der Waals surface area contributed by atoms with Gasteiger partial charge in [0.15, 0.2) is 0 Å². The minimum Gasteiger partial charge on any atom is -0.497 e. The average molecular weight is 375 g/mol. The van der Waals surface area contributed by atoms with Crippen molar-refractivity contribution in [2.45, 2.75) is 6.54 Å². The van der Waals surface area contributed by atoms with E-state index < -0.39 is 0 Å². The second-order valence-corrected chi connectivity index (χ2v) is 7.11. The Balaban J connectivity index is 1.47. The molecule has 1 amide bonds. The largest absolute Gasteiger partial charge is 0.497 e. The fourth-order valence-corrected chi connectivity index (χ4v) is 3.69. The van der Waals surface area contributed by atoms with Crippen LogP contribution >= 0.6 is 11.3 Å². The maximum atomic E-state index is 12.4. The number of methoxy groups -OCH3 is 2. The zero-order valence-corrected chi connectivity index (χ0v) is 16.1. The lowest BCUT2D eigenvalue weighted by molar-refractivity contribution is -0.117. The normalized spacial score (nSPS) is 15.6. The van der Waals surface area contributed by atoms with Gasteiger partial charge in [-0.2, -0.15) is 11.3 Å². The molecule has 1 N–H and O–H groups in total. The first-order valence-electron chi connectivity index (χ1n) is 8.65. The van der Waals surface area contributed by atoms with Crippen LogP contribution in [0.2, 0.25) is 0 Å². The lowest BCUT2D eigenvalue weighted by atomic mass is 10.2. The van der Waals surface area contributed by atoms with E-state index >= 15 is 0 Å². The first-order chi connectivity index (χ1) is 12.7. The third-order valence-corrected chi connectivity index (χ3v) is 5.19. The minimum atomic E-state index is -0.0217. The van der Waals surface area contributed by atoms with E-state index in [-0.39, 0.29) is 5.91 Å². The number of piperazine rings is 1. The second-order valence-electron chi connectivity index (χ2n) is 6.33. The summed E-state index contributed by atoms with van der Waals surface area (Å²) < 4.78 is 10.5. The van der Waals surface area contributed by atoms with E-state index in [1.807, 2.05) is 0 Å². The van der Waals surface area contributed by atoms with Crippen molar-refractivity contribution in [3.8, 4) is 11.5 Å². The van der Waals surface area contributed by atoms with Crippen LogP contribution < -0.4 is 14.8 Å². The number of carbonyl (C=O) groups is 1. The lowest BCUT2D eigenvalue weighted by Gasteiger charge is -2.34. The highest BCUT2D eigenvalue weighted by molar-refractivity contribution is 7.07. The van der Waals surface area contributed by atoms with Crippen LogP contribution in [0.5, 0.6) is 11.5 Å². The fraction of sp³-hybridized carbons (Fsp3) is 0.421. The lowest BCUT2D eigenvalue weighted by Crippen LogP contribution is -2.48. The van der Waals surface area contributed by atoms with Gasteiger partial charge in [0.05, 0.1) is 20.8 Å². The van der Waals surface area contributed by atoms with Crippen LogP contribution in [0.3, 0.4) is 0 Å². The predicted octanol–water partition coefficient (Wildman–Crippen LogP) is 2.52. The molecule has 0 unspecified atom stereocenters. The van der Waals surface area contributed by atoms with Crippen LogP contribution in [0.1, 0.15) is 5.56 Å². The number of amides is 1. The van der Waals surface area contributed by atoms with Crippen molar-refractivity contribution >= 4 is 22.9 Å². The van der Waals surface area contributed by atoms with Crippen molar-refractivity contribution in [3.63, 3.8) is 0 Å². The Labute approximate surface area is 158 Å². The highest BCUT2D eigenvalue weighted by Crippen LogP contribution is 2.25. The number of rotatable bonds is 7. The van der Waals surface area contributed by atoms with Crippen molar-refractivity contribution in [1.82, 2.24) is 9.80 Å². The Kier molecular flexibility index (Phi) is 6.49. The van der Waals surface area contributed by atoms with Gasteiger partial charge in [-0.25, -0.2) is 0 Å². The van der Waals surface area contributed by atoms with Crippen LogP contribution in [0.25, 0.3) is 0 Å². The van der Waals surface area contributed by atoms with Crippen molar-refractivity contribution in [2.75, 3.05) is 52.3 Å². The molecule has 1 aliphatic heterocycles. The molecule has 0 bridgehead atoms. The summed E-state index contributed by atoms with van der Waals surface area (Å²) >= 11 is 1.74. The molecule has 3 rings (SSSR count). The maximum Gasteiger partial charge on any atom is 0.238 e. The number of benzene rings is 1. The molecule has 1 fully saturated rings. The van der Waals surface area contributed by atoms with Gasteiger partial charge in [-0.05, 0) is 22.4 Å². The summed E-state index contributed by atoms with van der Waals surface area (Å²) in [6.07, 6.45) is 0. The number of hydrogen-bond acceptors (Lipinski definition) is 6. The average Bonchev–Trinajstić information content (AvgIpc) is 3.16. The number of ether oxygens (including phenoxy) is 2. The molecule has 0 radical (unpaired) electrons. The molecule has 1 aliphatic rings. The van der Waals surface area contributed by atoms with Crippen LogP contribution in [-0.4, -0.2) is 62.7 Å². The Bertz CT molecular complexity index is 691. The van der Waals surface area contributed by atoms with E-state index in [1.165, 1.54) is 5.56 Å². The molecule has 2 aromatic rings. The third kappa shape index (κ3) is 5.20. The van der Waals surface area contributed by atoms with Gasteiger partial charge >= 0.3 is 0 Å². The molecule has 0 aliphatic carbocycles. The molecule has 26 heavy (non-hydrogen) atoms. The summed E-state index contributed by atoms with van der Waals surface area (Å²) in [4.78, 5) is 17.0. The minimum absolute atomic E-state index is 0.0217. The summed E-state index contributed by atoms with van der Waals surface area (Å²) in [5, 5.41) is 7.24. The predicted molar refractivity (Wildman–Crippen MR) is 104 cm³/mol. The fourth-order valence-electron chi connectivity index (χ4n) is 3.03. The number of thiophene rings is 1. The Morgan fingerprint density at radius 1 is 1.08 bits per heavy atom. The molecule has 1 aromatic carbocycles. The smallest absolute Gasteiger partial charge is 0.238 e. The van der Waals surface area contributed by atoms with E-state index in [0.717, 1.165) is 32.7 Å². The molecular weight excluding hydrogens is 350 g/mol. The standard InChI is InChI=1S/C19H25N3O3S/c1-24-17-9-16(10-18(11-17)25-2)20-19(23)13-22-6-4-21(5-7-22)12-15-3-8-26-14-15/h3,8-11,14H,4-7,12-13H2,1-2H3,(H,20,23). The topological polar surface area (TPSA) is 54.0 Å². The van der Waals surface area contributed by atoms with E-state index in [4.69, 9.17) is 9.47 Å².